The maximum absolute atomic E-state index is 10.9. The van der Waals surface area contributed by atoms with Crippen LogP contribution in [0.4, 0.5) is 11.5 Å². The zero-order valence-corrected chi connectivity index (χ0v) is 10.4. The van der Waals surface area contributed by atoms with Crippen LogP contribution in [0.1, 0.15) is 13.8 Å². The summed E-state index contributed by atoms with van der Waals surface area (Å²) >= 11 is 5.69. The van der Waals surface area contributed by atoms with Crippen LogP contribution >= 0.6 is 11.6 Å². The van der Waals surface area contributed by atoms with Crippen molar-refractivity contribution < 1.29 is 10.0 Å². The molecular weight excluding hydrogens is 246 g/mol. The van der Waals surface area contributed by atoms with Crippen molar-refractivity contribution in [1.82, 2.24) is 4.98 Å². The standard InChI is InChI=1S/C10H14ClN3O3/c1-7(2)13(3-4-15)10-9(14(16)17)5-8(11)6-12-10/h5-7,15H,3-4H2,1-2H3. The molecule has 7 heteroatoms. The van der Waals surface area contributed by atoms with E-state index in [2.05, 4.69) is 4.98 Å². The number of pyridine rings is 1. The first-order valence-electron chi connectivity index (χ1n) is 5.14. The monoisotopic (exact) mass is 259 g/mol. The van der Waals surface area contributed by atoms with Crippen LogP contribution in [0.2, 0.25) is 5.02 Å². The molecule has 0 saturated heterocycles. The minimum Gasteiger partial charge on any atom is -0.395 e. The van der Waals surface area contributed by atoms with Gasteiger partial charge >= 0.3 is 5.69 Å². The highest BCUT2D eigenvalue weighted by atomic mass is 35.5. The van der Waals surface area contributed by atoms with E-state index in [4.69, 9.17) is 16.7 Å². The van der Waals surface area contributed by atoms with E-state index >= 15 is 0 Å². The Morgan fingerprint density at radius 2 is 2.29 bits per heavy atom. The van der Waals surface area contributed by atoms with Gasteiger partial charge in [0.15, 0.2) is 0 Å². The van der Waals surface area contributed by atoms with E-state index in [-0.39, 0.29) is 35.7 Å². The van der Waals surface area contributed by atoms with Crippen LogP contribution in [0.25, 0.3) is 0 Å². The molecule has 94 valence electrons. The van der Waals surface area contributed by atoms with Crippen LogP contribution in [0.3, 0.4) is 0 Å². The number of nitro groups is 1. The summed E-state index contributed by atoms with van der Waals surface area (Å²) in [5.74, 6) is 0.225. The smallest absolute Gasteiger partial charge is 0.313 e. The van der Waals surface area contributed by atoms with Gasteiger partial charge in [0.05, 0.1) is 16.6 Å². The summed E-state index contributed by atoms with van der Waals surface area (Å²) in [4.78, 5) is 16.0. The van der Waals surface area contributed by atoms with Crippen molar-refractivity contribution in [2.75, 3.05) is 18.1 Å². The second-order valence-electron chi connectivity index (χ2n) is 3.76. The topological polar surface area (TPSA) is 79.5 Å². The van der Waals surface area contributed by atoms with Gasteiger partial charge in [-0.15, -0.1) is 0 Å². The van der Waals surface area contributed by atoms with Crippen LogP contribution < -0.4 is 4.90 Å². The van der Waals surface area contributed by atoms with E-state index in [0.717, 1.165) is 0 Å². The number of rotatable bonds is 5. The van der Waals surface area contributed by atoms with Gasteiger partial charge in [-0.05, 0) is 13.8 Å². The first kappa shape index (κ1) is 13.7. The molecule has 0 fully saturated rings. The summed E-state index contributed by atoms with van der Waals surface area (Å²) < 4.78 is 0. The lowest BCUT2D eigenvalue weighted by Crippen LogP contribution is -2.34. The Morgan fingerprint density at radius 1 is 1.65 bits per heavy atom. The fourth-order valence-electron chi connectivity index (χ4n) is 1.49. The molecule has 0 radical (unpaired) electrons. The molecule has 1 rings (SSSR count). The Morgan fingerprint density at radius 3 is 2.76 bits per heavy atom. The molecule has 1 N–H and O–H groups in total. The van der Waals surface area contributed by atoms with E-state index in [9.17, 15) is 10.1 Å². The fourth-order valence-corrected chi connectivity index (χ4v) is 1.65. The summed E-state index contributed by atoms with van der Waals surface area (Å²) in [6, 6.07) is 1.26. The Bertz CT molecular complexity index is 412. The molecule has 6 nitrogen and oxygen atoms in total. The molecule has 0 spiro atoms. The largest absolute Gasteiger partial charge is 0.395 e. The lowest BCUT2D eigenvalue weighted by molar-refractivity contribution is -0.384. The summed E-state index contributed by atoms with van der Waals surface area (Å²) in [7, 11) is 0. The maximum atomic E-state index is 10.9. The van der Waals surface area contributed by atoms with Crippen LogP contribution in [0.15, 0.2) is 12.3 Å². The zero-order chi connectivity index (χ0) is 13.0. The number of halogens is 1. The van der Waals surface area contributed by atoms with Crippen molar-refractivity contribution in [2.45, 2.75) is 19.9 Å². The van der Waals surface area contributed by atoms with Crippen LogP contribution in [0.5, 0.6) is 0 Å². The van der Waals surface area contributed by atoms with Crippen LogP contribution in [0, 0.1) is 10.1 Å². The predicted molar refractivity (Wildman–Crippen MR) is 65.5 cm³/mol. The average Bonchev–Trinajstić information content (AvgIpc) is 2.26. The van der Waals surface area contributed by atoms with Gasteiger partial charge in [-0.1, -0.05) is 11.6 Å². The molecule has 0 unspecified atom stereocenters. The summed E-state index contributed by atoms with van der Waals surface area (Å²) in [5.41, 5.74) is -0.153. The molecule has 0 aliphatic rings. The Hall–Kier alpha value is -1.40. The number of hydrogen-bond donors (Lipinski definition) is 1. The lowest BCUT2D eigenvalue weighted by atomic mass is 10.3. The summed E-state index contributed by atoms with van der Waals surface area (Å²) in [6.07, 6.45) is 1.36. The van der Waals surface area contributed by atoms with E-state index in [1.165, 1.54) is 12.3 Å². The van der Waals surface area contributed by atoms with E-state index in [1.807, 2.05) is 13.8 Å². The van der Waals surface area contributed by atoms with Crippen molar-refractivity contribution in [2.24, 2.45) is 0 Å². The third kappa shape index (κ3) is 3.28. The van der Waals surface area contributed by atoms with Gasteiger partial charge in [-0.25, -0.2) is 4.98 Å². The molecular formula is C10H14ClN3O3. The molecule has 0 aliphatic carbocycles. The molecule has 0 bridgehead atoms. The van der Waals surface area contributed by atoms with Gasteiger partial charge in [0.1, 0.15) is 0 Å². The third-order valence-corrected chi connectivity index (χ3v) is 2.45. The SMILES string of the molecule is CC(C)N(CCO)c1ncc(Cl)cc1[N+](=O)[O-]. The van der Waals surface area contributed by atoms with Crippen molar-refractivity contribution in [3.05, 3.63) is 27.4 Å². The van der Waals surface area contributed by atoms with E-state index in [1.54, 1.807) is 4.90 Å². The van der Waals surface area contributed by atoms with E-state index < -0.39 is 4.92 Å². The first-order chi connectivity index (χ1) is 7.97. The van der Waals surface area contributed by atoms with Crippen molar-refractivity contribution in [3.8, 4) is 0 Å². The average molecular weight is 260 g/mol. The number of aromatic nitrogens is 1. The molecule has 0 saturated carbocycles. The Kier molecular flexibility index (Phi) is 4.65. The second kappa shape index (κ2) is 5.79. The predicted octanol–water partition coefficient (Wildman–Crippen LogP) is 1.85. The van der Waals surface area contributed by atoms with Gasteiger partial charge < -0.3 is 10.0 Å². The number of aliphatic hydroxyl groups excluding tert-OH is 1. The molecule has 1 aromatic heterocycles. The lowest BCUT2D eigenvalue weighted by Gasteiger charge is -2.26. The van der Waals surface area contributed by atoms with Gasteiger partial charge in [0, 0.05) is 24.8 Å². The second-order valence-corrected chi connectivity index (χ2v) is 4.20. The van der Waals surface area contributed by atoms with Crippen LogP contribution in [-0.2, 0) is 0 Å². The molecule has 0 aliphatic heterocycles. The van der Waals surface area contributed by atoms with Crippen molar-refractivity contribution in [3.63, 3.8) is 0 Å². The number of nitrogens with zero attached hydrogens (tertiary/aromatic N) is 3. The fraction of sp³-hybridized carbons (Fsp3) is 0.500. The van der Waals surface area contributed by atoms with Crippen molar-refractivity contribution in [1.29, 1.82) is 0 Å². The van der Waals surface area contributed by atoms with Gasteiger partial charge in [-0.2, -0.15) is 0 Å². The Labute approximate surface area is 104 Å². The maximum Gasteiger partial charge on any atom is 0.313 e. The molecule has 1 aromatic rings. The van der Waals surface area contributed by atoms with Gasteiger partial charge in [0.25, 0.3) is 0 Å². The normalized spacial score (nSPS) is 10.6. The quantitative estimate of drug-likeness (QED) is 0.645. The highest BCUT2D eigenvalue weighted by Crippen LogP contribution is 2.29. The highest BCUT2D eigenvalue weighted by Gasteiger charge is 2.23. The minimum atomic E-state index is -0.527. The third-order valence-electron chi connectivity index (χ3n) is 2.25. The molecule has 0 atom stereocenters. The van der Waals surface area contributed by atoms with E-state index in [0.29, 0.717) is 0 Å². The molecule has 0 amide bonds. The number of hydrogen-bond acceptors (Lipinski definition) is 5. The zero-order valence-electron chi connectivity index (χ0n) is 9.63. The first-order valence-corrected chi connectivity index (χ1v) is 5.52. The summed E-state index contributed by atoms with van der Waals surface area (Å²) in [5, 5.41) is 20.1. The van der Waals surface area contributed by atoms with Crippen LogP contribution in [-0.4, -0.2) is 34.2 Å². The molecule has 17 heavy (non-hydrogen) atoms. The number of aliphatic hydroxyl groups is 1. The minimum absolute atomic E-state index is 0.00507. The van der Waals surface area contributed by atoms with Gasteiger partial charge in [-0.3, -0.25) is 10.1 Å². The number of anilines is 1. The highest BCUT2D eigenvalue weighted by molar-refractivity contribution is 6.30. The molecule has 1 heterocycles. The van der Waals surface area contributed by atoms with Gasteiger partial charge in [0.2, 0.25) is 5.82 Å². The van der Waals surface area contributed by atoms with Crippen molar-refractivity contribution >= 4 is 23.1 Å². The summed E-state index contributed by atoms with van der Waals surface area (Å²) in [6.45, 7) is 3.93. The Balaban J connectivity index is 3.22. The molecule has 0 aromatic carbocycles.